The van der Waals surface area contributed by atoms with Crippen molar-refractivity contribution in [3.63, 3.8) is 0 Å². The normalized spacial score (nSPS) is 24.6. The summed E-state index contributed by atoms with van der Waals surface area (Å²) in [6.07, 6.45) is 3.42. The van der Waals surface area contributed by atoms with Gasteiger partial charge in [-0.1, -0.05) is 31.2 Å². The highest BCUT2D eigenvalue weighted by Crippen LogP contribution is 2.58. The van der Waals surface area contributed by atoms with Crippen LogP contribution in [0.2, 0.25) is 0 Å². The summed E-state index contributed by atoms with van der Waals surface area (Å²) in [6, 6.07) is 9.53. The predicted molar refractivity (Wildman–Crippen MR) is 111 cm³/mol. The zero-order chi connectivity index (χ0) is 21.7. The van der Waals surface area contributed by atoms with Crippen LogP contribution in [0.1, 0.15) is 44.7 Å². The average molecular weight is 408 g/mol. The number of carbonyl (C=O) groups excluding carboxylic acids is 3. The SMILES string of the molecule is CC(=O)OCC(=O)[C@@]1(O)CC=C2c3ccc4cc(OC(C)=O)ccc4c3CC[C@@]21C. The number of carbonyl (C=O) groups is 3. The Kier molecular flexibility index (Phi) is 4.77. The summed E-state index contributed by atoms with van der Waals surface area (Å²) in [6.45, 7) is 4.10. The van der Waals surface area contributed by atoms with Crippen molar-refractivity contribution in [3.05, 3.63) is 47.5 Å². The third-order valence-corrected chi connectivity index (χ3v) is 6.51. The van der Waals surface area contributed by atoms with E-state index in [1.54, 1.807) is 6.07 Å². The molecule has 2 aliphatic rings. The van der Waals surface area contributed by atoms with Crippen LogP contribution >= 0.6 is 0 Å². The molecule has 2 atom stereocenters. The molecule has 0 radical (unpaired) electrons. The number of aliphatic hydroxyl groups is 1. The molecule has 6 nitrogen and oxygen atoms in total. The molecule has 0 amide bonds. The molecule has 0 unspecified atom stereocenters. The number of fused-ring (bicyclic) bond motifs is 5. The summed E-state index contributed by atoms with van der Waals surface area (Å²) in [5.74, 6) is -0.878. The lowest BCUT2D eigenvalue weighted by atomic mass is 9.62. The van der Waals surface area contributed by atoms with Gasteiger partial charge in [-0.3, -0.25) is 14.4 Å². The van der Waals surface area contributed by atoms with Crippen LogP contribution in [-0.4, -0.2) is 35.0 Å². The molecule has 6 heteroatoms. The summed E-state index contributed by atoms with van der Waals surface area (Å²) in [4.78, 5) is 35.1. The Morgan fingerprint density at radius 3 is 2.57 bits per heavy atom. The van der Waals surface area contributed by atoms with E-state index in [0.717, 1.165) is 27.5 Å². The molecule has 2 aromatic rings. The van der Waals surface area contributed by atoms with Gasteiger partial charge in [0.25, 0.3) is 0 Å². The third kappa shape index (κ3) is 3.03. The van der Waals surface area contributed by atoms with Crippen molar-refractivity contribution in [2.24, 2.45) is 5.41 Å². The van der Waals surface area contributed by atoms with Crippen LogP contribution in [0.4, 0.5) is 0 Å². The van der Waals surface area contributed by atoms with E-state index in [-0.39, 0.29) is 12.4 Å². The molecule has 0 fully saturated rings. The lowest BCUT2D eigenvalue weighted by Gasteiger charge is -2.44. The molecule has 2 aromatic carbocycles. The van der Waals surface area contributed by atoms with Gasteiger partial charge >= 0.3 is 11.9 Å². The Bertz CT molecular complexity index is 1110. The van der Waals surface area contributed by atoms with Crippen LogP contribution in [0.3, 0.4) is 0 Å². The molecule has 2 aliphatic carbocycles. The molecular weight excluding hydrogens is 384 g/mol. The number of ketones is 1. The van der Waals surface area contributed by atoms with E-state index in [9.17, 15) is 19.5 Å². The minimum atomic E-state index is -1.59. The van der Waals surface area contributed by atoms with Crippen LogP contribution in [-0.2, 0) is 25.5 Å². The van der Waals surface area contributed by atoms with Crippen LogP contribution in [0.5, 0.6) is 5.75 Å². The minimum absolute atomic E-state index is 0.196. The van der Waals surface area contributed by atoms with Crippen LogP contribution in [0.15, 0.2) is 36.4 Å². The first kappa shape index (κ1) is 20.3. The first-order valence-electron chi connectivity index (χ1n) is 10.00. The molecule has 156 valence electrons. The van der Waals surface area contributed by atoms with Crippen molar-refractivity contribution < 1.29 is 29.0 Å². The number of Topliss-reactive ketones (excluding diaryl/α,β-unsaturated/α-hetero) is 1. The average Bonchev–Trinajstić information content (AvgIpc) is 2.97. The van der Waals surface area contributed by atoms with Gasteiger partial charge in [0.15, 0.2) is 6.61 Å². The molecule has 0 aliphatic heterocycles. The second-order valence-electron chi connectivity index (χ2n) is 8.29. The van der Waals surface area contributed by atoms with Crippen LogP contribution < -0.4 is 4.74 Å². The van der Waals surface area contributed by atoms with Crippen LogP contribution in [0.25, 0.3) is 16.3 Å². The van der Waals surface area contributed by atoms with Crippen molar-refractivity contribution in [1.29, 1.82) is 0 Å². The molecule has 0 heterocycles. The number of aryl methyl sites for hydroxylation is 1. The van der Waals surface area contributed by atoms with E-state index in [1.807, 2.05) is 37.3 Å². The smallest absolute Gasteiger partial charge is 0.308 e. The Hall–Kier alpha value is -2.99. The first-order chi connectivity index (χ1) is 14.2. The summed E-state index contributed by atoms with van der Waals surface area (Å²) in [7, 11) is 0. The fraction of sp³-hybridized carbons (Fsp3) is 0.375. The number of hydrogen-bond donors (Lipinski definition) is 1. The van der Waals surface area contributed by atoms with Gasteiger partial charge in [-0.2, -0.15) is 0 Å². The predicted octanol–water partition coefficient (Wildman–Crippen LogP) is 3.37. The maximum absolute atomic E-state index is 12.8. The van der Waals surface area contributed by atoms with E-state index in [0.29, 0.717) is 18.6 Å². The molecular formula is C24H24O6. The minimum Gasteiger partial charge on any atom is -0.458 e. The Labute approximate surface area is 174 Å². The molecule has 4 rings (SSSR count). The summed E-state index contributed by atoms with van der Waals surface area (Å²) in [5.41, 5.74) is 0.787. The topological polar surface area (TPSA) is 89.9 Å². The van der Waals surface area contributed by atoms with Gasteiger partial charge in [0.05, 0.1) is 0 Å². The monoisotopic (exact) mass is 408 g/mol. The third-order valence-electron chi connectivity index (χ3n) is 6.51. The summed E-state index contributed by atoms with van der Waals surface area (Å²) >= 11 is 0. The van der Waals surface area contributed by atoms with E-state index in [1.165, 1.54) is 13.8 Å². The molecule has 0 spiro atoms. The van der Waals surface area contributed by atoms with Crippen LogP contribution in [0, 0.1) is 5.41 Å². The lowest BCUT2D eigenvalue weighted by Crippen LogP contribution is -2.53. The largest absolute Gasteiger partial charge is 0.458 e. The highest BCUT2D eigenvalue weighted by atomic mass is 16.5. The lowest BCUT2D eigenvalue weighted by molar-refractivity contribution is -0.158. The van der Waals surface area contributed by atoms with E-state index >= 15 is 0 Å². The van der Waals surface area contributed by atoms with E-state index < -0.39 is 29.4 Å². The fourth-order valence-electron chi connectivity index (χ4n) is 4.88. The maximum Gasteiger partial charge on any atom is 0.308 e. The Balaban J connectivity index is 1.71. The molecule has 1 N–H and O–H groups in total. The summed E-state index contributed by atoms with van der Waals surface area (Å²) in [5, 5.41) is 13.4. The zero-order valence-corrected chi connectivity index (χ0v) is 17.3. The molecule has 0 bridgehead atoms. The van der Waals surface area contributed by atoms with Crippen molar-refractivity contribution in [1.82, 2.24) is 0 Å². The van der Waals surface area contributed by atoms with E-state index in [2.05, 4.69) is 0 Å². The van der Waals surface area contributed by atoms with Crippen molar-refractivity contribution in [2.45, 2.75) is 45.6 Å². The molecule has 0 saturated carbocycles. The number of benzene rings is 2. The highest BCUT2D eigenvalue weighted by Gasteiger charge is 2.58. The van der Waals surface area contributed by atoms with Gasteiger partial charge < -0.3 is 14.6 Å². The van der Waals surface area contributed by atoms with E-state index in [4.69, 9.17) is 9.47 Å². The molecule has 30 heavy (non-hydrogen) atoms. The number of hydrogen-bond acceptors (Lipinski definition) is 6. The Morgan fingerprint density at radius 2 is 1.87 bits per heavy atom. The maximum atomic E-state index is 12.8. The van der Waals surface area contributed by atoms with Crippen molar-refractivity contribution in [2.75, 3.05) is 6.61 Å². The second-order valence-corrected chi connectivity index (χ2v) is 8.29. The highest BCUT2D eigenvalue weighted by molar-refractivity contribution is 5.99. The van der Waals surface area contributed by atoms with Gasteiger partial charge in [-0.25, -0.2) is 0 Å². The zero-order valence-electron chi connectivity index (χ0n) is 17.3. The van der Waals surface area contributed by atoms with Crippen molar-refractivity contribution >= 4 is 34.1 Å². The fourth-order valence-corrected chi connectivity index (χ4v) is 4.88. The standard InChI is InChI=1S/C24H24O6/c1-14(25)29-13-22(27)24(28)11-9-21-20-6-4-16-12-17(30-15(2)26)5-7-18(16)19(20)8-10-23(21,24)3/h4-7,9,12,28H,8,10-11,13H2,1-3H3/t23-,24-/m0/s1. The number of ether oxygens (including phenoxy) is 2. The molecule has 0 saturated heterocycles. The van der Waals surface area contributed by atoms with Gasteiger partial charge in [-0.15, -0.1) is 0 Å². The molecule has 0 aromatic heterocycles. The van der Waals surface area contributed by atoms with Crippen molar-refractivity contribution in [3.8, 4) is 5.75 Å². The van der Waals surface area contributed by atoms with Gasteiger partial charge in [0, 0.05) is 25.7 Å². The Morgan fingerprint density at radius 1 is 1.10 bits per heavy atom. The summed E-state index contributed by atoms with van der Waals surface area (Å²) < 4.78 is 10.1. The quantitative estimate of drug-likeness (QED) is 0.616. The second kappa shape index (κ2) is 7.06. The number of esters is 2. The van der Waals surface area contributed by atoms with Gasteiger partial charge in [0.1, 0.15) is 11.4 Å². The van der Waals surface area contributed by atoms with Gasteiger partial charge in [0.2, 0.25) is 5.78 Å². The number of rotatable bonds is 4. The first-order valence-corrected chi connectivity index (χ1v) is 10.00. The van der Waals surface area contributed by atoms with Gasteiger partial charge in [-0.05, 0) is 52.4 Å².